The number of carbonyl (C=O) groups is 1. The van der Waals surface area contributed by atoms with Gasteiger partial charge < -0.3 is 9.47 Å². The van der Waals surface area contributed by atoms with Crippen LogP contribution in [0.3, 0.4) is 0 Å². The first-order chi connectivity index (χ1) is 15.3. The fraction of sp³-hybridized carbons (Fsp3) is 0.333. The van der Waals surface area contributed by atoms with Crippen molar-refractivity contribution in [3.63, 3.8) is 0 Å². The third kappa shape index (κ3) is 3.29. The Morgan fingerprint density at radius 2 is 1.78 bits per heavy atom. The second kappa shape index (κ2) is 7.63. The maximum absolute atomic E-state index is 13.6. The summed E-state index contributed by atoms with van der Waals surface area (Å²) >= 11 is 6.61. The van der Waals surface area contributed by atoms with Crippen LogP contribution in [-0.4, -0.2) is 25.7 Å². The number of benzene rings is 3. The second-order valence-electron chi connectivity index (χ2n) is 9.50. The number of carbonyl (C=O) groups excluding carboxylic acids is 1. The highest BCUT2D eigenvalue weighted by Gasteiger charge is 2.46. The van der Waals surface area contributed by atoms with Crippen molar-refractivity contribution in [1.82, 2.24) is 0 Å². The van der Waals surface area contributed by atoms with Gasteiger partial charge in [0.1, 0.15) is 5.78 Å². The smallest absolute Gasteiger partial charge is 0.179 e. The van der Waals surface area contributed by atoms with Crippen LogP contribution in [-0.2, 0) is 4.79 Å². The Morgan fingerprint density at radius 3 is 2.53 bits per heavy atom. The number of hydrogen-bond acceptors (Lipinski definition) is 4. The minimum atomic E-state index is -0.310. The quantitative estimate of drug-likeness (QED) is 0.447. The maximum Gasteiger partial charge on any atom is 0.179 e. The van der Waals surface area contributed by atoms with Crippen molar-refractivity contribution in [1.29, 1.82) is 0 Å². The van der Waals surface area contributed by atoms with Gasteiger partial charge in [-0.15, -0.1) is 0 Å². The molecule has 3 aromatic rings. The highest BCUT2D eigenvalue weighted by atomic mass is 35.5. The summed E-state index contributed by atoms with van der Waals surface area (Å²) in [6.07, 6.45) is 1.33. The number of aliphatic imine (C=N–C) groups is 1. The van der Waals surface area contributed by atoms with Crippen molar-refractivity contribution in [2.45, 2.75) is 32.6 Å². The molecule has 1 aliphatic heterocycles. The zero-order valence-electron chi connectivity index (χ0n) is 18.7. The lowest BCUT2D eigenvalue weighted by molar-refractivity contribution is -0.124. The second-order valence-corrected chi connectivity index (χ2v) is 9.91. The van der Waals surface area contributed by atoms with Crippen LogP contribution in [0.25, 0.3) is 10.8 Å². The molecule has 0 saturated heterocycles. The predicted molar refractivity (Wildman–Crippen MR) is 129 cm³/mol. The molecular weight excluding hydrogens is 422 g/mol. The Balaban J connectivity index is 1.82. The number of hydrogen-bond donors (Lipinski definition) is 0. The highest BCUT2D eigenvalue weighted by molar-refractivity contribution is 6.32. The van der Waals surface area contributed by atoms with E-state index in [1.54, 1.807) is 14.2 Å². The van der Waals surface area contributed by atoms with E-state index >= 15 is 0 Å². The first-order valence-corrected chi connectivity index (χ1v) is 11.2. The molecule has 0 bridgehead atoms. The van der Waals surface area contributed by atoms with E-state index in [-0.39, 0.29) is 23.0 Å². The molecule has 1 fully saturated rings. The monoisotopic (exact) mass is 447 g/mol. The highest BCUT2D eigenvalue weighted by Crippen LogP contribution is 2.52. The van der Waals surface area contributed by atoms with E-state index in [2.05, 4.69) is 38.1 Å². The molecule has 2 atom stereocenters. The number of nitrogens with zero attached hydrogens (tertiary/aromatic N) is 1. The molecule has 2 unspecified atom stereocenters. The summed E-state index contributed by atoms with van der Waals surface area (Å²) in [5.74, 6) is 0.788. The number of rotatable bonds is 3. The van der Waals surface area contributed by atoms with Gasteiger partial charge in [-0.1, -0.05) is 55.8 Å². The third-order valence-electron chi connectivity index (χ3n) is 6.69. The Bertz CT molecular complexity index is 1280. The molecule has 1 saturated carbocycles. The lowest BCUT2D eigenvalue weighted by Crippen LogP contribution is -2.42. The molecule has 5 heteroatoms. The van der Waals surface area contributed by atoms with Crippen molar-refractivity contribution < 1.29 is 14.3 Å². The van der Waals surface area contributed by atoms with Gasteiger partial charge in [-0.25, -0.2) is 0 Å². The Morgan fingerprint density at radius 1 is 1.00 bits per heavy atom. The lowest BCUT2D eigenvalue weighted by atomic mass is 9.63. The number of halogens is 1. The number of Topliss-reactive ketones (excluding diaryl/α,β-unsaturated/α-hetero) is 1. The van der Waals surface area contributed by atoms with Crippen LogP contribution in [0.1, 0.15) is 43.7 Å². The van der Waals surface area contributed by atoms with Crippen molar-refractivity contribution >= 4 is 39.6 Å². The lowest BCUT2D eigenvalue weighted by Gasteiger charge is -2.41. The van der Waals surface area contributed by atoms with Crippen molar-refractivity contribution in [3.8, 4) is 11.5 Å². The van der Waals surface area contributed by atoms with Crippen LogP contribution < -0.4 is 9.47 Å². The minimum absolute atomic E-state index is 0.0967. The van der Waals surface area contributed by atoms with Gasteiger partial charge in [0.05, 0.1) is 30.8 Å². The molecule has 1 aliphatic carbocycles. The molecule has 0 aromatic heterocycles. The number of methoxy groups -OCH3 is 2. The molecular formula is C27H26ClNO3. The molecule has 32 heavy (non-hydrogen) atoms. The van der Waals surface area contributed by atoms with E-state index in [0.29, 0.717) is 22.9 Å². The summed E-state index contributed by atoms with van der Waals surface area (Å²) in [4.78, 5) is 18.6. The standard InChI is InChI=1S/C27H26ClNO3/c1-27(2)13-20-25(21(30)14-27)23(16-11-18(28)26(32-4)22(12-16)31-3)24-17-8-6-5-7-15(17)9-10-19(24)29-20/h5-12,23,25H,13-14H2,1-4H3. The van der Waals surface area contributed by atoms with Gasteiger partial charge in [-0.2, -0.15) is 0 Å². The summed E-state index contributed by atoms with van der Waals surface area (Å²) in [7, 11) is 3.17. The fourth-order valence-electron chi connectivity index (χ4n) is 5.42. The number of ether oxygens (including phenoxy) is 2. The molecule has 0 spiro atoms. The summed E-state index contributed by atoms with van der Waals surface area (Å²) in [6.45, 7) is 4.28. The normalized spacial score (nSPS) is 21.5. The largest absolute Gasteiger partial charge is 0.493 e. The van der Waals surface area contributed by atoms with E-state index in [0.717, 1.165) is 39.7 Å². The Labute approximate surface area is 193 Å². The summed E-state index contributed by atoms with van der Waals surface area (Å²) in [6, 6.07) is 16.3. The van der Waals surface area contributed by atoms with Crippen molar-refractivity contribution in [2.75, 3.05) is 14.2 Å². The van der Waals surface area contributed by atoms with Gasteiger partial charge in [-0.05, 0) is 51.9 Å². The summed E-state index contributed by atoms with van der Waals surface area (Å²) < 4.78 is 11.1. The van der Waals surface area contributed by atoms with Gasteiger partial charge >= 0.3 is 0 Å². The molecule has 4 nitrogen and oxygen atoms in total. The molecule has 0 N–H and O–H groups in total. The van der Waals surface area contributed by atoms with Gasteiger partial charge in [0.15, 0.2) is 11.5 Å². The number of ketones is 1. The van der Waals surface area contributed by atoms with Crippen LogP contribution in [0.2, 0.25) is 5.02 Å². The van der Waals surface area contributed by atoms with Crippen LogP contribution in [0, 0.1) is 11.3 Å². The molecule has 3 aromatic carbocycles. The topological polar surface area (TPSA) is 47.9 Å². The Kier molecular flexibility index (Phi) is 5.01. The van der Waals surface area contributed by atoms with E-state index in [1.165, 1.54) is 0 Å². The summed E-state index contributed by atoms with van der Waals surface area (Å²) in [5.41, 5.74) is 3.81. The predicted octanol–water partition coefficient (Wildman–Crippen LogP) is 6.73. The van der Waals surface area contributed by atoms with Crippen LogP contribution >= 0.6 is 11.6 Å². The van der Waals surface area contributed by atoms with E-state index < -0.39 is 0 Å². The Hall–Kier alpha value is -2.85. The number of fused-ring (bicyclic) bond motifs is 4. The molecule has 0 radical (unpaired) electrons. The van der Waals surface area contributed by atoms with Gasteiger partial charge in [0, 0.05) is 18.1 Å². The SMILES string of the molecule is COc1cc(C2c3c(ccc4ccccc34)N=C3CC(C)(C)CC(=O)C32)cc(Cl)c1OC. The van der Waals surface area contributed by atoms with Gasteiger partial charge in [0.25, 0.3) is 0 Å². The first-order valence-electron chi connectivity index (χ1n) is 10.9. The van der Waals surface area contributed by atoms with Crippen molar-refractivity contribution in [3.05, 3.63) is 64.7 Å². The maximum atomic E-state index is 13.6. The van der Waals surface area contributed by atoms with E-state index in [1.807, 2.05) is 24.3 Å². The van der Waals surface area contributed by atoms with Crippen LogP contribution in [0.5, 0.6) is 11.5 Å². The zero-order valence-corrected chi connectivity index (χ0v) is 19.5. The molecule has 5 rings (SSSR count). The molecule has 164 valence electrons. The summed E-state index contributed by atoms with van der Waals surface area (Å²) in [5, 5.41) is 2.71. The minimum Gasteiger partial charge on any atom is -0.493 e. The zero-order chi connectivity index (χ0) is 22.6. The third-order valence-corrected chi connectivity index (χ3v) is 6.97. The molecule has 1 heterocycles. The average molecular weight is 448 g/mol. The fourth-order valence-corrected chi connectivity index (χ4v) is 5.72. The molecule has 2 aliphatic rings. The van der Waals surface area contributed by atoms with Crippen LogP contribution in [0.15, 0.2) is 53.5 Å². The molecule has 0 amide bonds. The van der Waals surface area contributed by atoms with E-state index in [4.69, 9.17) is 26.1 Å². The van der Waals surface area contributed by atoms with Gasteiger partial charge in [0.2, 0.25) is 0 Å². The van der Waals surface area contributed by atoms with E-state index in [9.17, 15) is 4.79 Å². The van der Waals surface area contributed by atoms with Gasteiger partial charge in [-0.3, -0.25) is 9.79 Å². The van der Waals surface area contributed by atoms with Crippen molar-refractivity contribution in [2.24, 2.45) is 16.3 Å². The van der Waals surface area contributed by atoms with Crippen LogP contribution in [0.4, 0.5) is 5.69 Å². The average Bonchev–Trinajstić information content (AvgIpc) is 2.76. The first kappa shape index (κ1) is 21.0.